The Balaban J connectivity index is 1.87. The highest BCUT2D eigenvalue weighted by atomic mass is 16.5. The van der Waals surface area contributed by atoms with E-state index in [1.54, 1.807) is 31.4 Å². The molecule has 2 rings (SSSR count). The van der Waals surface area contributed by atoms with E-state index in [4.69, 9.17) is 4.74 Å². The number of ether oxygens (including phenoxy) is 1. The molecule has 0 heterocycles. The van der Waals surface area contributed by atoms with Crippen LogP contribution in [0.25, 0.3) is 0 Å². The lowest BCUT2D eigenvalue weighted by atomic mass is 10.0. The molecule has 0 atom stereocenters. The number of hydrogen-bond acceptors (Lipinski definition) is 3. The van der Waals surface area contributed by atoms with Crippen LogP contribution in [0, 0.1) is 0 Å². The predicted molar refractivity (Wildman–Crippen MR) is 95.7 cm³/mol. The monoisotopic (exact) mass is 325 g/mol. The Hall–Kier alpha value is -2.62. The summed E-state index contributed by atoms with van der Waals surface area (Å²) in [5.74, 6) is 0.855. The first-order valence-electron chi connectivity index (χ1n) is 8.06. The van der Waals surface area contributed by atoms with Gasteiger partial charge in [0.05, 0.1) is 7.11 Å². The first kappa shape index (κ1) is 17.7. The average Bonchev–Trinajstić information content (AvgIpc) is 2.60. The van der Waals surface area contributed by atoms with Gasteiger partial charge in [-0.15, -0.1) is 0 Å². The molecule has 2 aromatic rings. The molecule has 126 valence electrons. The van der Waals surface area contributed by atoms with Gasteiger partial charge in [0.15, 0.2) is 5.78 Å². The topological polar surface area (TPSA) is 55.4 Å². The van der Waals surface area contributed by atoms with Crippen molar-refractivity contribution in [3.8, 4) is 5.75 Å². The quantitative estimate of drug-likeness (QED) is 0.767. The van der Waals surface area contributed by atoms with Gasteiger partial charge in [0.25, 0.3) is 0 Å². The Kier molecular flexibility index (Phi) is 6.13. The van der Waals surface area contributed by atoms with Crippen molar-refractivity contribution in [1.29, 1.82) is 0 Å². The maximum atomic E-state index is 12.2. The van der Waals surface area contributed by atoms with E-state index in [9.17, 15) is 9.59 Å². The van der Waals surface area contributed by atoms with Crippen molar-refractivity contribution in [3.63, 3.8) is 0 Å². The molecule has 0 saturated carbocycles. The van der Waals surface area contributed by atoms with Gasteiger partial charge in [-0.1, -0.05) is 38.1 Å². The van der Waals surface area contributed by atoms with Crippen LogP contribution >= 0.6 is 0 Å². The van der Waals surface area contributed by atoms with E-state index in [0.717, 1.165) is 5.69 Å². The largest absolute Gasteiger partial charge is 0.497 e. The van der Waals surface area contributed by atoms with Crippen LogP contribution in [0.4, 0.5) is 5.69 Å². The molecular formula is C20H23NO3. The maximum absolute atomic E-state index is 12.2. The third-order valence-electron chi connectivity index (χ3n) is 3.83. The molecule has 0 saturated heterocycles. The summed E-state index contributed by atoms with van der Waals surface area (Å²) in [4.78, 5) is 24.2. The minimum atomic E-state index is -0.163. The standard InChI is InChI=1S/C20H23NO3/c1-14(2)15-7-9-17(10-8-15)21-20(23)12-11-19(22)16-5-4-6-18(13-16)24-3/h4-10,13-14H,11-12H2,1-3H3,(H,21,23). The third kappa shape index (κ3) is 4.95. The molecule has 0 aliphatic rings. The number of carbonyl (C=O) groups excluding carboxylic acids is 2. The van der Waals surface area contributed by atoms with E-state index in [-0.39, 0.29) is 24.5 Å². The summed E-state index contributed by atoms with van der Waals surface area (Å²) in [7, 11) is 1.56. The van der Waals surface area contributed by atoms with Crippen molar-refractivity contribution in [2.75, 3.05) is 12.4 Å². The predicted octanol–water partition coefficient (Wildman–Crippen LogP) is 4.42. The number of rotatable bonds is 7. The van der Waals surface area contributed by atoms with Gasteiger partial charge in [-0.25, -0.2) is 0 Å². The van der Waals surface area contributed by atoms with Crippen LogP contribution < -0.4 is 10.1 Å². The summed E-state index contributed by atoms with van der Waals surface area (Å²) in [6.45, 7) is 4.25. The zero-order valence-corrected chi connectivity index (χ0v) is 14.3. The van der Waals surface area contributed by atoms with E-state index >= 15 is 0 Å². The fourth-order valence-electron chi connectivity index (χ4n) is 2.34. The second-order valence-corrected chi connectivity index (χ2v) is 5.98. The molecule has 1 N–H and O–H groups in total. The average molecular weight is 325 g/mol. The minimum Gasteiger partial charge on any atom is -0.497 e. The Labute approximate surface area is 142 Å². The molecule has 0 aliphatic carbocycles. The number of nitrogens with one attached hydrogen (secondary N) is 1. The smallest absolute Gasteiger partial charge is 0.224 e. The van der Waals surface area contributed by atoms with Crippen LogP contribution in [-0.4, -0.2) is 18.8 Å². The van der Waals surface area contributed by atoms with E-state index in [0.29, 0.717) is 17.2 Å². The van der Waals surface area contributed by atoms with Crippen LogP contribution in [0.2, 0.25) is 0 Å². The molecule has 2 aromatic carbocycles. The van der Waals surface area contributed by atoms with Crippen molar-refractivity contribution < 1.29 is 14.3 Å². The van der Waals surface area contributed by atoms with Gasteiger partial charge in [-0.2, -0.15) is 0 Å². The molecule has 0 radical (unpaired) electrons. The van der Waals surface area contributed by atoms with Crippen LogP contribution in [0.3, 0.4) is 0 Å². The van der Waals surface area contributed by atoms with E-state index in [2.05, 4.69) is 19.2 Å². The second-order valence-electron chi connectivity index (χ2n) is 5.98. The van der Waals surface area contributed by atoms with Crippen LogP contribution in [0.15, 0.2) is 48.5 Å². The number of Topliss-reactive ketones (excluding diaryl/α,β-unsaturated/α-hetero) is 1. The summed E-state index contributed by atoms with van der Waals surface area (Å²) < 4.78 is 5.10. The van der Waals surface area contributed by atoms with Gasteiger partial charge in [0.2, 0.25) is 5.91 Å². The highest BCUT2D eigenvalue weighted by molar-refractivity contribution is 6.00. The number of anilines is 1. The maximum Gasteiger partial charge on any atom is 0.224 e. The fraction of sp³-hybridized carbons (Fsp3) is 0.300. The van der Waals surface area contributed by atoms with Gasteiger partial charge < -0.3 is 10.1 Å². The van der Waals surface area contributed by atoms with Gasteiger partial charge in [-0.05, 0) is 35.7 Å². The van der Waals surface area contributed by atoms with Gasteiger partial charge in [0, 0.05) is 24.1 Å². The normalized spacial score (nSPS) is 10.5. The summed E-state index contributed by atoms with van der Waals surface area (Å²) in [5.41, 5.74) is 2.53. The Morgan fingerprint density at radius 3 is 2.38 bits per heavy atom. The Morgan fingerprint density at radius 1 is 1.04 bits per heavy atom. The molecular weight excluding hydrogens is 302 g/mol. The number of benzene rings is 2. The second kappa shape index (κ2) is 8.29. The lowest BCUT2D eigenvalue weighted by molar-refractivity contribution is -0.116. The molecule has 0 spiro atoms. The first-order valence-corrected chi connectivity index (χ1v) is 8.06. The van der Waals surface area contributed by atoms with Crippen molar-refractivity contribution in [2.24, 2.45) is 0 Å². The summed E-state index contributed by atoms with van der Waals surface area (Å²) in [5, 5.41) is 2.82. The highest BCUT2D eigenvalue weighted by Gasteiger charge is 2.10. The van der Waals surface area contributed by atoms with Gasteiger partial charge >= 0.3 is 0 Å². The molecule has 0 fully saturated rings. The van der Waals surface area contributed by atoms with Gasteiger partial charge in [-0.3, -0.25) is 9.59 Å². The Morgan fingerprint density at radius 2 is 1.75 bits per heavy atom. The fourth-order valence-corrected chi connectivity index (χ4v) is 2.34. The lowest BCUT2D eigenvalue weighted by Gasteiger charge is -2.08. The number of methoxy groups -OCH3 is 1. The number of carbonyl (C=O) groups is 2. The van der Waals surface area contributed by atoms with Crippen LogP contribution in [0.5, 0.6) is 5.75 Å². The molecule has 0 aliphatic heterocycles. The molecule has 24 heavy (non-hydrogen) atoms. The lowest BCUT2D eigenvalue weighted by Crippen LogP contribution is -2.13. The molecule has 4 heteroatoms. The SMILES string of the molecule is COc1cccc(C(=O)CCC(=O)Nc2ccc(C(C)C)cc2)c1. The Bertz CT molecular complexity index is 705. The number of ketones is 1. The van der Waals surface area contributed by atoms with Gasteiger partial charge in [0.1, 0.15) is 5.75 Å². The highest BCUT2D eigenvalue weighted by Crippen LogP contribution is 2.18. The molecule has 0 aromatic heterocycles. The molecule has 4 nitrogen and oxygen atoms in total. The van der Waals surface area contributed by atoms with E-state index in [1.165, 1.54) is 5.56 Å². The zero-order chi connectivity index (χ0) is 17.5. The number of hydrogen-bond donors (Lipinski definition) is 1. The van der Waals surface area contributed by atoms with Crippen molar-refractivity contribution in [3.05, 3.63) is 59.7 Å². The van der Waals surface area contributed by atoms with Crippen molar-refractivity contribution in [2.45, 2.75) is 32.6 Å². The molecule has 0 bridgehead atoms. The van der Waals surface area contributed by atoms with Crippen LogP contribution in [-0.2, 0) is 4.79 Å². The van der Waals surface area contributed by atoms with E-state index in [1.807, 2.05) is 24.3 Å². The molecule has 1 amide bonds. The van der Waals surface area contributed by atoms with E-state index < -0.39 is 0 Å². The summed E-state index contributed by atoms with van der Waals surface area (Å²) in [6.07, 6.45) is 0.324. The first-order chi connectivity index (χ1) is 11.5. The molecule has 0 unspecified atom stereocenters. The number of amides is 1. The summed E-state index contributed by atoms with van der Waals surface area (Å²) in [6, 6.07) is 14.7. The third-order valence-corrected chi connectivity index (χ3v) is 3.83. The van der Waals surface area contributed by atoms with Crippen LogP contribution in [0.1, 0.15) is 48.5 Å². The zero-order valence-electron chi connectivity index (χ0n) is 14.3. The van der Waals surface area contributed by atoms with Crippen molar-refractivity contribution in [1.82, 2.24) is 0 Å². The van der Waals surface area contributed by atoms with Crippen molar-refractivity contribution >= 4 is 17.4 Å². The minimum absolute atomic E-state index is 0.0702. The summed E-state index contributed by atoms with van der Waals surface area (Å²) >= 11 is 0.